The average molecular weight is 465 g/mol. The van der Waals surface area contributed by atoms with Crippen LogP contribution in [0.3, 0.4) is 0 Å². The summed E-state index contributed by atoms with van der Waals surface area (Å²) in [6.07, 6.45) is 7.06. The molecule has 0 saturated heterocycles. The summed E-state index contributed by atoms with van der Waals surface area (Å²) in [5.74, 6) is 2.31. The number of hydrogen-bond acceptors (Lipinski definition) is 3. The average Bonchev–Trinajstić information content (AvgIpc) is 2.75. The molecule has 4 saturated carbocycles. The Kier molecular flexibility index (Phi) is 4.71. The van der Waals surface area contributed by atoms with Gasteiger partial charge in [-0.1, -0.05) is 38.1 Å². The van der Waals surface area contributed by atoms with Crippen LogP contribution in [-0.2, 0) is 14.8 Å². The van der Waals surface area contributed by atoms with Crippen molar-refractivity contribution in [3.8, 4) is 11.1 Å². The van der Waals surface area contributed by atoms with Gasteiger partial charge in [0, 0.05) is 16.7 Å². The van der Waals surface area contributed by atoms with Crippen LogP contribution in [0.2, 0.25) is 0 Å². The van der Waals surface area contributed by atoms with Gasteiger partial charge in [0.2, 0.25) is 5.91 Å². The molecule has 0 radical (unpaired) electrons. The van der Waals surface area contributed by atoms with Gasteiger partial charge in [-0.15, -0.1) is 0 Å². The predicted molar refractivity (Wildman–Crippen MR) is 130 cm³/mol. The quantitative estimate of drug-likeness (QED) is 0.687. The number of fused-ring (bicyclic) bond motifs is 3. The molecule has 0 aromatic heterocycles. The van der Waals surface area contributed by atoms with Crippen LogP contribution in [0.5, 0.6) is 0 Å². The van der Waals surface area contributed by atoms with Crippen molar-refractivity contribution in [2.24, 2.45) is 17.8 Å². The zero-order chi connectivity index (χ0) is 23.0. The van der Waals surface area contributed by atoms with E-state index in [2.05, 4.69) is 25.2 Å². The fraction of sp³-hybridized carbons (Fsp3) is 0.519. The molecule has 5 nitrogen and oxygen atoms in total. The second-order valence-electron chi connectivity index (χ2n) is 11.2. The SMILES string of the molecule is CC(C)c1ccc2c(c1)-c1ccccc1S(=O)(=O)N2CC(=O)NC12CC3CC(CC(C3)C1)C2. The summed E-state index contributed by atoms with van der Waals surface area (Å²) in [7, 11) is -3.82. The van der Waals surface area contributed by atoms with Crippen LogP contribution in [0.4, 0.5) is 5.69 Å². The molecule has 2 aromatic rings. The Morgan fingerprint density at radius 1 is 1.00 bits per heavy atom. The number of sulfonamides is 1. The standard InChI is InChI=1S/C27H32N2O3S/c1-17(2)21-7-8-24-23(12-21)22-5-3-4-6-25(22)33(31,32)29(24)16-26(30)28-27-13-18-9-19(14-27)11-20(10-18)15-27/h3-8,12,17-20H,9-11,13-16H2,1-2H3,(H,28,30). The molecule has 0 unspecified atom stereocenters. The van der Waals surface area contributed by atoms with E-state index in [0.717, 1.165) is 48.1 Å². The Balaban J connectivity index is 1.34. The van der Waals surface area contributed by atoms with E-state index >= 15 is 0 Å². The van der Waals surface area contributed by atoms with Crippen molar-refractivity contribution >= 4 is 21.6 Å². The lowest BCUT2D eigenvalue weighted by atomic mass is 9.53. The Labute approximate surface area is 196 Å². The highest BCUT2D eigenvalue weighted by atomic mass is 32.2. The van der Waals surface area contributed by atoms with Gasteiger partial charge in [0.15, 0.2) is 0 Å². The molecule has 6 heteroatoms. The van der Waals surface area contributed by atoms with Crippen LogP contribution in [0.1, 0.15) is 63.9 Å². The van der Waals surface area contributed by atoms with Crippen molar-refractivity contribution in [2.45, 2.75) is 68.7 Å². The maximum absolute atomic E-state index is 13.6. The third-order valence-electron chi connectivity index (χ3n) is 8.43. The monoisotopic (exact) mass is 464 g/mol. The largest absolute Gasteiger partial charge is 0.349 e. The maximum Gasteiger partial charge on any atom is 0.265 e. The van der Waals surface area contributed by atoms with E-state index in [0.29, 0.717) is 17.2 Å². The fourth-order valence-corrected chi connectivity index (χ4v) is 9.06. The van der Waals surface area contributed by atoms with E-state index in [1.54, 1.807) is 12.1 Å². The second kappa shape index (κ2) is 7.33. The number of amides is 1. The Bertz CT molecular complexity index is 1200. The summed E-state index contributed by atoms with van der Waals surface area (Å²) in [6.45, 7) is 4.08. The van der Waals surface area contributed by atoms with Gasteiger partial charge in [-0.3, -0.25) is 9.10 Å². The number of nitrogens with zero attached hydrogens (tertiary/aromatic N) is 1. The van der Waals surface area contributed by atoms with E-state index in [4.69, 9.17) is 0 Å². The van der Waals surface area contributed by atoms with E-state index in [9.17, 15) is 13.2 Å². The second-order valence-corrected chi connectivity index (χ2v) is 13.0. The summed E-state index contributed by atoms with van der Waals surface area (Å²) in [5, 5.41) is 3.35. The van der Waals surface area contributed by atoms with Gasteiger partial charge in [0.1, 0.15) is 6.54 Å². The first kappa shape index (κ1) is 21.2. The molecule has 4 bridgehead atoms. The summed E-state index contributed by atoms with van der Waals surface area (Å²) >= 11 is 0. The van der Waals surface area contributed by atoms with Crippen LogP contribution in [-0.4, -0.2) is 26.4 Å². The molecule has 2 aromatic carbocycles. The molecular weight excluding hydrogens is 432 g/mol. The third-order valence-corrected chi connectivity index (χ3v) is 10.2. The van der Waals surface area contributed by atoms with Gasteiger partial charge < -0.3 is 5.32 Å². The van der Waals surface area contributed by atoms with Crippen molar-refractivity contribution < 1.29 is 13.2 Å². The molecule has 1 aliphatic heterocycles. The summed E-state index contributed by atoms with van der Waals surface area (Å²) in [5.41, 5.74) is 3.22. The number of rotatable bonds is 4. The predicted octanol–water partition coefficient (Wildman–Crippen LogP) is 5.07. The lowest BCUT2D eigenvalue weighted by Gasteiger charge is -2.57. The number of carbonyl (C=O) groups is 1. The number of benzene rings is 2. The Morgan fingerprint density at radius 2 is 1.64 bits per heavy atom. The maximum atomic E-state index is 13.6. The molecule has 4 fully saturated rings. The first-order valence-electron chi connectivity index (χ1n) is 12.3. The molecule has 4 aliphatic carbocycles. The van der Waals surface area contributed by atoms with Crippen molar-refractivity contribution in [1.82, 2.24) is 5.32 Å². The molecule has 1 heterocycles. The van der Waals surface area contributed by atoms with Gasteiger partial charge in [-0.2, -0.15) is 0 Å². The summed E-state index contributed by atoms with van der Waals surface area (Å²) < 4.78 is 28.6. The molecule has 0 atom stereocenters. The molecule has 5 aliphatic rings. The number of carbonyl (C=O) groups excluding carboxylic acids is 1. The minimum atomic E-state index is -3.82. The highest BCUT2D eigenvalue weighted by Gasteiger charge is 2.51. The fourth-order valence-electron chi connectivity index (χ4n) is 7.41. The van der Waals surface area contributed by atoms with Crippen molar-refractivity contribution in [3.63, 3.8) is 0 Å². The zero-order valence-corrected chi connectivity index (χ0v) is 20.2. The first-order chi connectivity index (χ1) is 15.7. The van der Waals surface area contributed by atoms with Crippen molar-refractivity contribution in [3.05, 3.63) is 48.0 Å². The van der Waals surface area contributed by atoms with Gasteiger partial charge in [-0.25, -0.2) is 8.42 Å². The number of anilines is 1. The molecule has 1 amide bonds. The third kappa shape index (κ3) is 3.40. The van der Waals surface area contributed by atoms with E-state index in [1.165, 1.54) is 23.6 Å². The van der Waals surface area contributed by atoms with Crippen LogP contribution < -0.4 is 9.62 Å². The summed E-state index contributed by atoms with van der Waals surface area (Å²) in [6, 6.07) is 13.1. The highest BCUT2D eigenvalue weighted by molar-refractivity contribution is 7.93. The lowest BCUT2D eigenvalue weighted by Crippen LogP contribution is -2.61. The van der Waals surface area contributed by atoms with Crippen LogP contribution >= 0.6 is 0 Å². The minimum absolute atomic E-state index is 0.131. The van der Waals surface area contributed by atoms with Gasteiger partial charge in [0.05, 0.1) is 10.6 Å². The van der Waals surface area contributed by atoms with Crippen molar-refractivity contribution in [1.29, 1.82) is 0 Å². The Hall–Kier alpha value is -2.34. The van der Waals surface area contributed by atoms with Crippen LogP contribution in [0.25, 0.3) is 11.1 Å². The molecular formula is C27H32N2O3S. The van der Waals surface area contributed by atoms with Gasteiger partial charge in [0.25, 0.3) is 10.0 Å². The molecule has 0 spiro atoms. The minimum Gasteiger partial charge on any atom is -0.349 e. The van der Waals surface area contributed by atoms with Crippen molar-refractivity contribution in [2.75, 3.05) is 10.8 Å². The first-order valence-corrected chi connectivity index (χ1v) is 13.8. The topological polar surface area (TPSA) is 66.5 Å². The lowest BCUT2D eigenvalue weighted by molar-refractivity contribution is -0.125. The zero-order valence-electron chi connectivity index (χ0n) is 19.4. The number of hydrogen-bond donors (Lipinski definition) is 1. The summed E-state index contributed by atoms with van der Waals surface area (Å²) in [4.78, 5) is 13.6. The normalized spacial score (nSPS) is 30.8. The van der Waals surface area contributed by atoms with E-state index in [1.807, 2.05) is 24.3 Å². The number of nitrogens with one attached hydrogen (secondary N) is 1. The van der Waals surface area contributed by atoms with Gasteiger partial charge >= 0.3 is 0 Å². The molecule has 1 N–H and O–H groups in total. The molecule has 174 valence electrons. The van der Waals surface area contributed by atoms with Crippen LogP contribution in [0, 0.1) is 17.8 Å². The van der Waals surface area contributed by atoms with Gasteiger partial charge in [-0.05, 0) is 86.0 Å². The van der Waals surface area contributed by atoms with Crippen LogP contribution in [0.15, 0.2) is 47.4 Å². The van der Waals surface area contributed by atoms with E-state index in [-0.39, 0.29) is 22.9 Å². The molecule has 7 rings (SSSR count). The highest BCUT2D eigenvalue weighted by Crippen LogP contribution is 2.55. The van der Waals surface area contributed by atoms with E-state index < -0.39 is 10.0 Å². The Morgan fingerprint density at radius 3 is 2.27 bits per heavy atom. The smallest absolute Gasteiger partial charge is 0.265 e. The molecule has 33 heavy (non-hydrogen) atoms.